The molecule has 1 aliphatic heterocycles. The third-order valence-corrected chi connectivity index (χ3v) is 3.59. The molecule has 1 fully saturated rings. The second kappa shape index (κ2) is 6.62. The molecule has 2 heterocycles. The molecule has 1 aromatic rings. The first kappa shape index (κ1) is 16.7. The Morgan fingerprint density at radius 2 is 2.05 bits per heavy atom. The Labute approximate surface area is 132 Å². The van der Waals surface area contributed by atoms with Crippen molar-refractivity contribution in [2.24, 2.45) is 5.73 Å². The molecule has 2 unspecified atom stereocenters. The molecule has 0 aromatic carbocycles. The van der Waals surface area contributed by atoms with Crippen molar-refractivity contribution in [2.75, 3.05) is 18.0 Å². The number of nitrogens with one attached hydrogen (secondary N) is 1. The van der Waals surface area contributed by atoms with E-state index in [4.69, 9.17) is 10.5 Å². The average molecular weight is 306 g/mol. The van der Waals surface area contributed by atoms with Gasteiger partial charge in [0.25, 0.3) is 0 Å². The number of carbonyl (C=O) groups excluding carboxylic acids is 1. The normalized spacial score (nSPS) is 22.5. The third kappa shape index (κ3) is 4.42. The number of carbonyl (C=O) groups is 1. The van der Waals surface area contributed by atoms with Crippen molar-refractivity contribution in [1.29, 1.82) is 0 Å². The van der Waals surface area contributed by atoms with Crippen LogP contribution in [0.4, 0.5) is 5.82 Å². The van der Waals surface area contributed by atoms with Crippen LogP contribution in [-0.2, 0) is 16.1 Å². The molecule has 3 N–H and O–H groups in total. The molecule has 2 rings (SSSR count). The van der Waals surface area contributed by atoms with Crippen LogP contribution in [0.2, 0.25) is 0 Å². The van der Waals surface area contributed by atoms with Crippen molar-refractivity contribution in [3.05, 3.63) is 23.9 Å². The van der Waals surface area contributed by atoms with E-state index in [0.717, 1.165) is 24.5 Å². The van der Waals surface area contributed by atoms with Crippen LogP contribution in [0.1, 0.15) is 33.3 Å². The summed E-state index contributed by atoms with van der Waals surface area (Å²) in [4.78, 5) is 18.5. The smallest absolute Gasteiger partial charge is 0.239 e. The molecule has 0 bridgehead atoms. The van der Waals surface area contributed by atoms with Gasteiger partial charge in [0.2, 0.25) is 5.91 Å². The molecule has 2 atom stereocenters. The van der Waals surface area contributed by atoms with Gasteiger partial charge in [-0.1, -0.05) is 6.07 Å². The fourth-order valence-electron chi connectivity index (χ4n) is 2.48. The zero-order valence-electron chi connectivity index (χ0n) is 13.8. The molecule has 1 saturated heterocycles. The van der Waals surface area contributed by atoms with Gasteiger partial charge in [0.15, 0.2) is 0 Å². The first-order valence-electron chi connectivity index (χ1n) is 7.68. The largest absolute Gasteiger partial charge is 0.372 e. The minimum atomic E-state index is -0.868. The van der Waals surface area contributed by atoms with Crippen LogP contribution in [0.25, 0.3) is 0 Å². The van der Waals surface area contributed by atoms with Gasteiger partial charge in [0.1, 0.15) is 5.82 Å². The molecule has 22 heavy (non-hydrogen) atoms. The highest BCUT2D eigenvalue weighted by Crippen LogP contribution is 2.18. The number of amides is 1. The van der Waals surface area contributed by atoms with E-state index < -0.39 is 5.54 Å². The fraction of sp³-hybridized carbons (Fsp3) is 0.625. The lowest BCUT2D eigenvalue weighted by atomic mass is 10.1. The van der Waals surface area contributed by atoms with E-state index in [9.17, 15) is 4.79 Å². The van der Waals surface area contributed by atoms with Gasteiger partial charge < -0.3 is 20.7 Å². The lowest BCUT2D eigenvalue weighted by molar-refractivity contribution is -0.125. The molecule has 0 saturated carbocycles. The van der Waals surface area contributed by atoms with Gasteiger partial charge in [-0.25, -0.2) is 4.98 Å². The van der Waals surface area contributed by atoms with Crippen LogP contribution in [0.3, 0.4) is 0 Å². The number of ether oxygens (including phenoxy) is 1. The molecule has 6 heteroatoms. The number of nitrogens with zero attached hydrogens (tertiary/aromatic N) is 2. The van der Waals surface area contributed by atoms with Crippen molar-refractivity contribution in [3.8, 4) is 0 Å². The Morgan fingerprint density at radius 1 is 1.41 bits per heavy atom. The van der Waals surface area contributed by atoms with E-state index in [0.29, 0.717) is 6.54 Å². The van der Waals surface area contributed by atoms with Crippen LogP contribution >= 0.6 is 0 Å². The number of nitrogens with two attached hydrogens (primary N) is 1. The Morgan fingerprint density at radius 3 is 2.55 bits per heavy atom. The highest BCUT2D eigenvalue weighted by Gasteiger charge is 2.23. The van der Waals surface area contributed by atoms with Crippen LogP contribution in [-0.4, -0.2) is 41.7 Å². The quantitative estimate of drug-likeness (QED) is 0.869. The summed E-state index contributed by atoms with van der Waals surface area (Å²) < 4.78 is 5.73. The van der Waals surface area contributed by atoms with E-state index in [-0.39, 0.29) is 18.1 Å². The third-order valence-electron chi connectivity index (χ3n) is 3.59. The van der Waals surface area contributed by atoms with Gasteiger partial charge in [-0.2, -0.15) is 0 Å². The van der Waals surface area contributed by atoms with E-state index in [1.165, 1.54) is 0 Å². The van der Waals surface area contributed by atoms with Crippen LogP contribution in [0.15, 0.2) is 18.3 Å². The predicted octanol–water partition coefficient (Wildman–Crippen LogP) is 1.05. The zero-order valence-corrected chi connectivity index (χ0v) is 13.8. The van der Waals surface area contributed by atoms with Crippen molar-refractivity contribution in [1.82, 2.24) is 10.3 Å². The summed E-state index contributed by atoms with van der Waals surface area (Å²) in [6.45, 7) is 9.63. The molecule has 0 aliphatic carbocycles. The highest BCUT2D eigenvalue weighted by molar-refractivity contribution is 5.84. The summed E-state index contributed by atoms with van der Waals surface area (Å²) in [5.74, 6) is 0.767. The molecule has 0 spiro atoms. The molecular weight excluding hydrogens is 280 g/mol. The summed E-state index contributed by atoms with van der Waals surface area (Å²) in [5, 5.41) is 2.81. The average Bonchev–Trinajstić information content (AvgIpc) is 2.43. The van der Waals surface area contributed by atoms with Gasteiger partial charge in [-0.15, -0.1) is 0 Å². The molecule has 1 amide bonds. The topological polar surface area (TPSA) is 80.5 Å². The van der Waals surface area contributed by atoms with E-state index in [1.54, 1.807) is 20.0 Å². The van der Waals surface area contributed by atoms with Crippen molar-refractivity contribution >= 4 is 11.7 Å². The maximum Gasteiger partial charge on any atom is 0.239 e. The molecule has 6 nitrogen and oxygen atoms in total. The monoisotopic (exact) mass is 306 g/mol. The Bertz CT molecular complexity index is 500. The van der Waals surface area contributed by atoms with Gasteiger partial charge in [0, 0.05) is 25.8 Å². The summed E-state index contributed by atoms with van der Waals surface area (Å²) in [7, 11) is 0. The minimum Gasteiger partial charge on any atom is -0.372 e. The number of hydrogen-bond acceptors (Lipinski definition) is 5. The fourth-order valence-corrected chi connectivity index (χ4v) is 2.48. The van der Waals surface area contributed by atoms with Crippen molar-refractivity contribution in [3.63, 3.8) is 0 Å². The maximum atomic E-state index is 11.7. The number of rotatable bonds is 4. The lowest BCUT2D eigenvalue weighted by Gasteiger charge is -2.36. The summed E-state index contributed by atoms with van der Waals surface area (Å²) in [6.07, 6.45) is 2.21. The van der Waals surface area contributed by atoms with Crippen molar-refractivity contribution < 1.29 is 9.53 Å². The van der Waals surface area contributed by atoms with E-state index in [2.05, 4.69) is 29.0 Å². The lowest BCUT2D eigenvalue weighted by Crippen LogP contribution is -2.48. The van der Waals surface area contributed by atoms with Crippen LogP contribution in [0, 0.1) is 0 Å². The van der Waals surface area contributed by atoms with Gasteiger partial charge in [-0.05, 0) is 39.3 Å². The maximum absolute atomic E-state index is 11.7. The molecule has 122 valence electrons. The molecule has 1 aliphatic rings. The molecule has 1 aromatic heterocycles. The predicted molar refractivity (Wildman–Crippen MR) is 86.6 cm³/mol. The summed E-state index contributed by atoms with van der Waals surface area (Å²) in [5.41, 5.74) is 5.83. The van der Waals surface area contributed by atoms with E-state index in [1.807, 2.05) is 12.1 Å². The first-order valence-corrected chi connectivity index (χ1v) is 7.68. The van der Waals surface area contributed by atoms with Gasteiger partial charge in [0.05, 0.1) is 17.7 Å². The number of hydrogen-bond donors (Lipinski definition) is 2. The Kier molecular flexibility index (Phi) is 5.03. The molecular formula is C16H26N4O2. The van der Waals surface area contributed by atoms with Crippen LogP contribution in [0.5, 0.6) is 0 Å². The molecule has 0 radical (unpaired) electrons. The zero-order chi connectivity index (χ0) is 16.3. The highest BCUT2D eigenvalue weighted by atomic mass is 16.5. The van der Waals surface area contributed by atoms with Gasteiger partial charge in [-0.3, -0.25) is 4.79 Å². The standard InChI is InChI=1S/C16H26N4O2/c1-11-9-20(10-12(2)22-11)14-6-5-13(7-18-14)8-19-15(21)16(3,4)17/h5-7,11-12H,8-10,17H2,1-4H3,(H,19,21). The number of anilines is 1. The minimum absolute atomic E-state index is 0.174. The summed E-state index contributed by atoms with van der Waals surface area (Å²) in [6, 6.07) is 3.97. The Balaban J connectivity index is 1.94. The number of morpholine rings is 1. The second-order valence-corrected chi connectivity index (χ2v) is 6.59. The SMILES string of the molecule is CC1CN(c2ccc(CNC(=O)C(C)(C)N)cn2)CC(C)O1. The first-order chi connectivity index (χ1) is 10.3. The number of aromatic nitrogens is 1. The number of pyridine rings is 1. The second-order valence-electron chi connectivity index (χ2n) is 6.59. The van der Waals surface area contributed by atoms with Crippen molar-refractivity contribution in [2.45, 2.75) is 52.0 Å². The van der Waals surface area contributed by atoms with Crippen LogP contribution < -0.4 is 16.0 Å². The van der Waals surface area contributed by atoms with E-state index >= 15 is 0 Å². The van der Waals surface area contributed by atoms with Gasteiger partial charge >= 0.3 is 0 Å². The summed E-state index contributed by atoms with van der Waals surface area (Å²) >= 11 is 0. The Hall–Kier alpha value is -1.66.